The van der Waals surface area contributed by atoms with Crippen LogP contribution in [-0.2, 0) is 10.3 Å². The minimum Gasteiger partial charge on any atom is -0.368 e. The van der Waals surface area contributed by atoms with Crippen molar-refractivity contribution < 1.29 is 4.79 Å². The van der Waals surface area contributed by atoms with Crippen molar-refractivity contribution in [3.05, 3.63) is 35.9 Å². The number of primary amides is 1. The largest absolute Gasteiger partial charge is 0.368 e. The van der Waals surface area contributed by atoms with E-state index in [-0.39, 0.29) is 5.91 Å². The summed E-state index contributed by atoms with van der Waals surface area (Å²) in [5.74, 6) is 0.332. The molecule has 1 fully saturated rings. The van der Waals surface area contributed by atoms with Crippen molar-refractivity contribution in [3.8, 4) is 0 Å². The summed E-state index contributed by atoms with van der Waals surface area (Å²) >= 11 is 0. The van der Waals surface area contributed by atoms with E-state index in [1.165, 1.54) is 12.8 Å². The second kappa shape index (κ2) is 6.58. The highest BCUT2D eigenvalue weighted by Crippen LogP contribution is 2.28. The Labute approximate surface area is 127 Å². The van der Waals surface area contributed by atoms with Gasteiger partial charge in [0.2, 0.25) is 5.91 Å². The van der Waals surface area contributed by atoms with Gasteiger partial charge in [-0.15, -0.1) is 0 Å². The number of piperidine rings is 1. The number of likely N-dealkylation sites (tertiary alicyclic amines) is 1. The zero-order valence-electron chi connectivity index (χ0n) is 13.3. The summed E-state index contributed by atoms with van der Waals surface area (Å²) in [7, 11) is 1.82. The number of hydrogen-bond acceptors (Lipinski definition) is 3. The number of carbonyl (C=O) groups is 1. The van der Waals surface area contributed by atoms with Crippen molar-refractivity contribution in [2.45, 2.75) is 38.3 Å². The van der Waals surface area contributed by atoms with Gasteiger partial charge in [0.15, 0.2) is 0 Å². The van der Waals surface area contributed by atoms with Crippen molar-refractivity contribution in [3.63, 3.8) is 0 Å². The second-order valence-corrected chi connectivity index (χ2v) is 6.22. The first-order valence-corrected chi connectivity index (χ1v) is 7.79. The second-order valence-electron chi connectivity index (χ2n) is 6.22. The summed E-state index contributed by atoms with van der Waals surface area (Å²) in [6.45, 7) is 6.17. The smallest absolute Gasteiger partial charge is 0.243 e. The Morgan fingerprint density at radius 2 is 2.05 bits per heavy atom. The van der Waals surface area contributed by atoms with E-state index in [1.807, 2.05) is 37.4 Å². The molecule has 3 atom stereocenters. The van der Waals surface area contributed by atoms with Crippen LogP contribution >= 0.6 is 0 Å². The first-order chi connectivity index (χ1) is 10.0. The van der Waals surface area contributed by atoms with E-state index in [4.69, 9.17) is 5.73 Å². The van der Waals surface area contributed by atoms with E-state index in [1.54, 1.807) is 0 Å². The molecular weight excluding hydrogens is 262 g/mol. The maximum atomic E-state index is 12.2. The third-order valence-corrected chi connectivity index (χ3v) is 5.06. The number of likely N-dealkylation sites (N-methyl/N-ethyl adjacent to an activating group) is 1. The van der Waals surface area contributed by atoms with Crippen molar-refractivity contribution in [2.75, 3.05) is 20.1 Å². The minimum absolute atomic E-state index is 0.318. The summed E-state index contributed by atoms with van der Waals surface area (Å²) in [5, 5.41) is 3.20. The lowest BCUT2D eigenvalue weighted by Gasteiger charge is -2.43. The van der Waals surface area contributed by atoms with Gasteiger partial charge in [-0.25, -0.2) is 0 Å². The minimum atomic E-state index is -0.827. The van der Waals surface area contributed by atoms with Gasteiger partial charge in [-0.3, -0.25) is 9.69 Å². The van der Waals surface area contributed by atoms with E-state index in [0.29, 0.717) is 18.5 Å². The first kappa shape index (κ1) is 16.0. The van der Waals surface area contributed by atoms with Gasteiger partial charge >= 0.3 is 0 Å². The topological polar surface area (TPSA) is 58.4 Å². The van der Waals surface area contributed by atoms with E-state index >= 15 is 0 Å². The Balaban J connectivity index is 2.31. The normalized spacial score (nSPS) is 26.2. The van der Waals surface area contributed by atoms with Crippen LogP contribution in [0.25, 0.3) is 0 Å². The molecule has 0 spiro atoms. The molecule has 1 aromatic rings. The van der Waals surface area contributed by atoms with Crippen LogP contribution < -0.4 is 11.1 Å². The Bertz CT molecular complexity index is 476. The number of benzene rings is 1. The van der Waals surface area contributed by atoms with Crippen LogP contribution in [0.3, 0.4) is 0 Å². The molecule has 0 bridgehead atoms. The number of nitrogens with two attached hydrogens (primary N) is 1. The monoisotopic (exact) mass is 289 g/mol. The van der Waals surface area contributed by atoms with Gasteiger partial charge in [-0.05, 0) is 44.8 Å². The summed E-state index contributed by atoms with van der Waals surface area (Å²) in [6.07, 6.45) is 2.44. The average Bonchev–Trinajstić information content (AvgIpc) is 2.49. The summed E-state index contributed by atoms with van der Waals surface area (Å²) < 4.78 is 0. The average molecular weight is 289 g/mol. The van der Waals surface area contributed by atoms with Crippen molar-refractivity contribution in [1.29, 1.82) is 0 Å². The molecule has 1 aliphatic rings. The Morgan fingerprint density at radius 3 is 2.62 bits per heavy atom. The van der Waals surface area contributed by atoms with Crippen LogP contribution in [-0.4, -0.2) is 37.0 Å². The number of amides is 1. The van der Waals surface area contributed by atoms with Crippen LogP contribution in [0.1, 0.15) is 32.3 Å². The molecule has 0 radical (unpaired) electrons. The number of nitrogens with one attached hydrogen (secondary N) is 1. The third kappa shape index (κ3) is 3.11. The molecule has 1 heterocycles. The predicted molar refractivity (Wildman–Crippen MR) is 85.8 cm³/mol. The lowest BCUT2D eigenvalue weighted by molar-refractivity contribution is -0.126. The summed E-state index contributed by atoms with van der Waals surface area (Å²) in [5.41, 5.74) is 5.89. The Kier molecular flexibility index (Phi) is 5.01. The van der Waals surface area contributed by atoms with Crippen LogP contribution in [0.4, 0.5) is 0 Å². The number of hydrogen-bond donors (Lipinski definition) is 2. The lowest BCUT2D eigenvalue weighted by atomic mass is 9.85. The lowest BCUT2D eigenvalue weighted by Crippen LogP contribution is -2.60. The molecular formula is C17H27N3O. The van der Waals surface area contributed by atoms with E-state index in [2.05, 4.69) is 24.1 Å². The van der Waals surface area contributed by atoms with Gasteiger partial charge in [0.25, 0.3) is 0 Å². The molecule has 1 amide bonds. The molecule has 1 saturated heterocycles. The number of rotatable bonds is 5. The summed E-state index contributed by atoms with van der Waals surface area (Å²) in [4.78, 5) is 14.6. The Hall–Kier alpha value is -1.39. The fourth-order valence-corrected chi connectivity index (χ4v) is 3.33. The Morgan fingerprint density at radius 1 is 1.38 bits per heavy atom. The van der Waals surface area contributed by atoms with Gasteiger partial charge in [-0.2, -0.15) is 0 Å². The highest BCUT2D eigenvalue weighted by molar-refractivity contribution is 5.86. The first-order valence-electron chi connectivity index (χ1n) is 7.79. The standard InChI is InChI=1S/C17H27N3O/c1-13-8-7-11-20(14(13)2)12-17(19-3,16(18)21)15-9-5-4-6-10-15/h4-6,9-10,13-14,19H,7-8,11-12H2,1-3H3,(H2,18,21). The van der Waals surface area contributed by atoms with Crippen LogP contribution in [0.2, 0.25) is 0 Å². The molecule has 1 aliphatic heterocycles. The van der Waals surface area contributed by atoms with Crippen LogP contribution in [0.5, 0.6) is 0 Å². The molecule has 3 N–H and O–H groups in total. The fraction of sp³-hybridized carbons (Fsp3) is 0.588. The molecule has 1 aromatic carbocycles. The van der Waals surface area contributed by atoms with E-state index in [0.717, 1.165) is 12.1 Å². The van der Waals surface area contributed by atoms with Crippen LogP contribution in [0, 0.1) is 5.92 Å². The molecule has 3 unspecified atom stereocenters. The van der Waals surface area contributed by atoms with E-state index in [9.17, 15) is 4.79 Å². The maximum Gasteiger partial charge on any atom is 0.243 e. The highest BCUT2D eigenvalue weighted by Gasteiger charge is 2.40. The van der Waals surface area contributed by atoms with Gasteiger partial charge < -0.3 is 11.1 Å². The molecule has 0 aliphatic carbocycles. The summed E-state index contributed by atoms with van der Waals surface area (Å²) in [6, 6.07) is 10.3. The molecule has 4 nitrogen and oxygen atoms in total. The number of carbonyl (C=O) groups excluding carboxylic acids is 1. The van der Waals surface area contributed by atoms with Gasteiger partial charge in [0.1, 0.15) is 5.54 Å². The molecule has 0 saturated carbocycles. The third-order valence-electron chi connectivity index (χ3n) is 5.06. The van der Waals surface area contributed by atoms with Gasteiger partial charge in [0, 0.05) is 12.6 Å². The van der Waals surface area contributed by atoms with Gasteiger partial charge in [-0.1, -0.05) is 37.3 Å². The van der Waals surface area contributed by atoms with Crippen LogP contribution in [0.15, 0.2) is 30.3 Å². The molecule has 0 aromatic heterocycles. The highest BCUT2D eigenvalue weighted by atomic mass is 16.1. The van der Waals surface area contributed by atoms with Gasteiger partial charge in [0.05, 0.1) is 0 Å². The molecule has 2 rings (SSSR count). The quantitative estimate of drug-likeness (QED) is 0.867. The number of nitrogens with zero attached hydrogens (tertiary/aromatic N) is 1. The molecule has 21 heavy (non-hydrogen) atoms. The maximum absolute atomic E-state index is 12.2. The zero-order valence-corrected chi connectivity index (χ0v) is 13.3. The zero-order chi connectivity index (χ0) is 15.5. The van der Waals surface area contributed by atoms with Crippen molar-refractivity contribution in [2.24, 2.45) is 11.7 Å². The SMILES string of the molecule is CNC(CN1CCCC(C)C1C)(C(N)=O)c1ccccc1. The molecule has 116 valence electrons. The van der Waals surface area contributed by atoms with Crippen molar-refractivity contribution >= 4 is 5.91 Å². The predicted octanol–water partition coefficient (Wildman–Crippen LogP) is 1.71. The van der Waals surface area contributed by atoms with E-state index < -0.39 is 5.54 Å². The fourth-order valence-electron chi connectivity index (χ4n) is 3.33. The van der Waals surface area contributed by atoms with Crippen molar-refractivity contribution in [1.82, 2.24) is 10.2 Å². The molecule has 4 heteroatoms.